The van der Waals surface area contributed by atoms with Gasteiger partial charge in [-0.15, -0.1) is 6.58 Å². The first-order valence-corrected chi connectivity index (χ1v) is 5.48. The summed E-state index contributed by atoms with van der Waals surface area (Å²) in [5.41, 5.74) is -0.633. The van der Waals surface area contributed by atoms with Crippen LogP contribution in [0.2, 0.25) is 0 Å². The van der Waals surface area contributed by atoms with Crippen molar-refractivity contribution in [1.29, 1.82) is 0 Å². The number of carboxylic acids is 1. The summed E-state index contributed by atoms with van der Waals surface area (Å²) in [5.74, 6) is -3.13. The average Bonchev–Trinajstić information content (AvgIpc) is 2.26. The summed E-state index contributed by atoms with van der Waals surface area (Å²) >= 11 is 0. The van der Waals surface area contributed by atoms with Crippen LogP contribution in [0.25, 0.3) is 0 Å². The fourth-order valence-electron chi connectivity index (χ4n) is 1.66. The van der Waals surface area contributed by atoms with Crippen molar-refractivity contribution < 1.29 is 18.7 Å². The Kier molecular flexibility index (Phi) is 4.42. The van der Waals surface area contributed by atoms with Gasteiger partial charge < -0.3 is 10.0 Å². The van der Waals surface area contributed by atoms with E-state index < -0.39 is 23.2 Å². The minimum Gasteiger partial charge on any atom is -0.478 e. The van der Waals surface area contributed by atoms with E-state index in [1.807, 2.05) is 0 Å². The first-order valence-electron chi connectivity index (χ1n) is 5.48. The van der Waals surface area contributed by atoms with Gasteiger partial charge in [-0.25, -0.2) is 13.6 Å². The molecule has 0 spiro atoms. The second kappa shape index (κ2) is 5.62. The molecule has 1 N–H and O–H groups in total. The number of halogens is 2. The van der Waals surface area contributed by atoms with Gasteiger partial charge in [0.1, 0.15) is 17.3 Å². The second-order valence-corrected chi connectivity index (χ2v) is 4.13. The van der Waals surface area contributed by atoms with Crippen LogP contribution in [0.1, 0.15) is 24.2 Å². The molecule has 0 aliphatic rings. The smallest absolute Gasteiger partial charge is 0.335 e. The minimum atomic E-state index is -1.36. The zero-order chi connectivity index (χ0) is 13.9. The van der Waals surface area contributed by atoms with Crippen LogP contribution in [-0.2, 0) is 0 Å². The summed E-state index contributed by atoms with van der Waals surface area (Å²) < 4.78 is 27.7. The third-order valence-electron chi connectivity index (χ3n) is 2.50. The quantitative estimate of drug-likeness (QED) is 0.822. The van der Waals surface area contributed by atoms with E-state index in [-0.39, 0.29) is 18.3 Å². The largest absolute Gasteiger partial charge is 0.478 e. The summed E-state index contributed by atoms with van der Waals surface area (Å²) in [6.45, 7) is 7.38. The lowest BCUT2D eigenvalue weighted by molar-refractivity contribution is 0.0696. The number of benzene rings is 1. The molecule has 0 aliphatic heterocycles. The molecule has 0 unspecified atom stereocenters. The van der Waals surface area contributed by atoms with Crippen molar-refractivity contribution in [2.45, 2.75) is 19.9 Å². The summed E-state index contributed by atoms with van der Waals surface area (Å²) in [6, 6.07) is 1.50. The van der Waals surface area contributed by atoms with Gasteiger partial charge in [-0.1, -0.05) is 6.08 Å². The van der Waals surface area contributed by atoms with Gasteiger partial charge in [0, 0.05) is 12.6 Å². The first-order chi connectivity index (χ1) is 8.38. The van der Waals surface area contributed by atoms with Crippen LogP contribution in [0.5, 0.6) is 0 Å². The predicted octanol–water partition coefficient (Wildman–Crippen LogP) is 3.06. The SMILES string of the molecule is C=CCN(c1c(F)cc(C(=O)O)cc1F)C(C)C. The average molecular weight is 255 g/mol. The number of carboxylic acid groups (broad SMARTS) is 1. The Morgan fingerprint density at radius 3 is 2.28 bits per heavy atom. The van der Waals surface area contributed by atoms with Crippen LogP contribution in [0.4, 0.5) is 14.5 Å². The fraction of sp³-hybridized carbons (Fsp3) is 0.308. The number of hydrogen-bond donors (Lipinski definition) is 1. The van der Waals surface area contributed by atoms with Gasteiger partial charge in [0.15, 0.2) is 0 Å². The van der Waals surface area contributed by atoms with Crippen LogP contribution >= 0.6 is 0 Å². The lowest BCUT2D eigenvalue weighted by Crippen LogP contribution is -2.32. The maximum Gasteiger partial charge on any atom is 0.335 e. The van der Waals surface area contributed by atoms with E-state index in [9.17, 15) is 13.6 Å². The van der Waals surface area contributed by atoms with Crippen molar-refractivity contribution >= 4 is 11.7 Å². The fourth-order valence-corrected chi connectivity index (χ4v) is 1.66. The molecule has 0 aliphatic carbocycles. The Bertz CT molecular complexity index is 449. The number of rotatable bonds is 5. The van der Waals surface area contributed by atoms with Crippen molar-refractivity contribution in [3.63, 3.8) is 0 Å². The zero-order valence-corrected chi connectivity index (χ0v) is 10.3. The number of carbonyl (C=O) groups is 1. The highest BCUT2D eigenvalue weighted by Crippen LogP contribution is 2.26. The van der Waals surface area contributed by atoms with Gasteiger partial charge in [-0.2, -0.15) is 0 Å². The second-order valence-electron chi connectivity index (χ2n) is 4.13. The van der Waals surface area contributed by atoms with Crippen molar-refractivity contribution in [2.24, 2.45) is 0 Å². The predicted molar refractivity (Wildman–Crippen MR) is 66.0 cm³/mol. The van der Waals surface area contributed by atoms with Crippen LogP contribution in [0.3, 0.4) is 0 Å². The molecule has 0 atom stereocenters. The van der Waals surface area contributed by atoms with E-state index >= 15 is 0 Å². The van der Waals surface area contributed by atoms with Crippen LogP contribution in [-0.4, -0.2) is 23.7 Å². The molecule has 0 radical (unpaired) electrons. The number of anilines is 1. The Morgan fingerprint density at radius 1 is 1.44 bits per heavy atom. The zero-order valence-electron chi connectivity index (χ0n) is 10.3. The Balaban J connectivity index is 3.31. The molecule has 5 heteroatoms. The standard InChI is InChI=1S/C13H15F2NO2/c1-4-5-16(8(2)3)12-10(14)6-9(13(17)18)7-11(12)15/h4,6-8H,1,5H2,2-3H3,(H,17,18). The van der Waals surface area contributed by atoms with Gasteiger partial charge in [0.05, 0.1) is 5.56 Å². The highest BCUT2D eigenvalue weighted by atomic mass is 19.1. The Morgan fingerprint density at radius 2 is 1.94 bits per heavy atom. The van der Waals surface area contributed by atoms with Crippen LogP contribution < -0.4 is 4.90 Å². The van der Waals surface area contributed by atoms with Crippen molar-refractivity contribution in [1.82, 2.24) is 0 Å². The highest BCUT2D eigenvalue weighted by molar-refractivity contribution is 5.88. The molecule has 1 aromatic carbocycles. The molecule has 0 fully saturated rings. The molecule has 0 aromatic heterocycles. The molecule has 0 saturated heterocycles. The van der Waals surface area contributed by atoms with Crippen LogP contribution in [0, 0.1) is 11.6 Å². The van der Waals surface area contributed by atoms with Crippen molar-refractivity contribution in [2.75, 3.05) is 11.4 Å². The molecule has 0 heterocycles. The van der Waals surface area contributed by atoms with Crippen molar-refractivity contribution in [3.8, 4) is 0 Å². The summed E-state index contributed by atoms with van der Waals surface area (Å²) in [5, 5.41) is 8.71. The topological polar surface area (TPSA) is 40.5 Å². The molecular formula is C13H15F2NO2. The van der Waals surface area contributed by atoms with E-state index in [4.69, 9.17) is 5.11 Å². The molecule has 0 bridgehead atoms. The van der Waals surface area contributed by atoms with Gasteiger partial charge in [0.25, 0.3) is 0 Å². The number of nitrogens with zero attached hydrogens (tertiary/aromatic N) is 1. The molecule has 98 valence electrons. The van der Waals surface area contributed by atoms with Crippen LogP contribution in [0.15, 0.2) is 24.8 Å². The normalized spacial score (nSPS) is 10.5. The van der Waals surface area contributed by atoms with E-state index in [1.165, 1.54) is 11.0 Å². The minimum absolute atomic E-state index is 0.136. The van der Waals surface area contributed by atoms with E-state index in [0.717, 1.165) is 12.1 Å². The molecule has 18 heavy (non-hydrogen) atoms. The van der Waals surface area contributed by atoms with E-state index in [0.29, 0.717) is 0 Å². The first kappa shape index (κ1) is 14.2. The lowest BCUT2D eigenvalue weighted by atomic mass is 10.1. The van der Waals surface area contributed by atoms with Gasteiger partial charge in [-0.3, -0.25) is 0 Å². The number of hydrogen-bond acceptors (Lipinski definition) is 2. The molecule has 0 saturated carbocycles. The lowest BCUT2D eigenvalue weighted by Gasteiger charge is -2.28. The summed E-state index contributed by atoms with van der Waals surface area (Å²) in [6.07, 6.45) is 1.53. The van der Waals surface area contributed by atoms with E-state index in [1.54, 1.807) is 13.8 Å². The van der Waals surface area contributed by atoms with Gasteiger partial charge in [-0.05, 0) is 26.0 Å². The molecular weight excluding hydrogens is 240 g/mol. The van der Waals surface area contributed by atoms with Crippen molar-refractivity contribution in [3.05, 3.63) is 42.0 Å². The molecule has 1 aromatic rings. The maximum absolute atomic E-state index is 13.8. The number of aromatic carboxylic acids is 1. The third kappa shape index (κ3) is 2.85. The maximum atomic E-state index is 13.8. The highest BCUT2D eigenvalue weighted by Gasteiger charge is 2.21. The summed E-state index contributed by atoms with van der Waals surface area (Å²) in [7, 11) is 0. The molecule has 1 rings (SSSR count). The Labute approximate surface area is 104 Å². The molecule has 0 amide bonds. The molecule has 3 nitrogen and oxygen atoms in total. The Hall–Kier alpha value is -1.91. The monoisotopic (exact) mass is 255 g/mol. The summed E-state index contributed by atoms with van der Waals surface area (Å²) in [4.78, 5) is 12.2. The van der Waals surface area contributed by atoms with Gasteiger partial charge in [0.2, 0.25) is 0 Å². The third-order valence-corrected chi connectivity index (χ3v) is 2.50. The van der Waals surface area contributed by atoms with E-state index in [2.05, 4.69) is 6.58 Å². The van der Waals surface area contributed by atoms with Gasteiger partial charge >= 0.3 is 5.97 Å².